The summed E-state index contributed by atoms with van der Waals surface area (Å²) in [5.41, 5.74) is 1.32. The summed E-state index contributed by atoms with van der Waals surface area (Å²) in [7, 11) is 0. The van der Waals surface area contributed by atoms with Gasteiger partial charge in [-0.1, -0.05) is 24.3 Å². The standard InChI is InChI=1S/C22H23F3N2O3.C15H21NO.C6H4F3NO/c1-15-3-2-4-17(9-15)29-19-11-21(12-19)5-7-27(8-6-21)20(28)30-18-10-16(13-26-14-18)22(23,24)25;1-12-3-2-4-13(9-12)17-14-10-15(11-14)5-7-16-8-6-15;7-6(8,9)4-1-5(11)3-10-2-4/h2-4,9-10,13-14,19H,5-8,11-12H2,1H3;2-4,9,14,16H,5-8,10-11H2,1H3;1-3,11H. The van der Waals surface area contributed by atoms with Gasteiger partial charge in [-0.05, 0) is 137 Å². The Labute approximate surface area is 333 Å². The monoisotopic (exact) mass is 814 g/mol. The molecule has 0 unspecified atom stereocenters. The van der Waals surface area contributed by atoms with Crippen molar-refractivity contribution >= 4 is 6.09 Å². The van der Waals surface area contributed by atoms with Crippen molar-refractivity contribution in [3.05, 3.63) is 108 Å². The van der Waals surface area contributed by atoms with Crippen molar-refractivity contribution in [3.8, 4) is 23.0 Å². The second kappa shape index (κ2) is 17.8. The maximum atomic E-state index is 12.8. The summed E-state index contributed by atoms with van der Waals surface area (Å²) in [5.74, 6) is 1.23. The first-order valence-electron chi connectivity index (χ1n) is 19.4. The summed E-state index contributed by atoms with van der Waals surface area (Å²) in [6.07, 6.45) is 3.15. The van der Waals surface area contributed by atoms with E-state index in [0.29, 0.717) is 43.1 Å². The molecule has 2 spiro atoms. The number of aromatic nitrogens is 2. The molecule has 1 amide bonds. The van der Waals surface area contributed by atoms with Gasteiger partial charge in [-0.25, -0.2) is 4.79 Å². The van der Waals surface area contributed by atoms with Crippen LogP contribution in [-0.2, 0) is 12.4 Å². The predicted octanol–water partition coefficient (Wildman–Crippen LogP) is 9.94. The van der Waals surface area contributed by atoms with E-state index in [0.717, 1.165) is 61.2 Å². The van der Waals surface area contributed by atoms with Gasteiger partial charge in [0.2, 0.25) is 0 Å². The van der Waals surface area contributed by atoms with Crippen LogP contribution in [0.15, 0.2) is 85.5 Å². The Bertz CT molecular complexity index is 1980. The topological polar surface area (TPSA) is 106 Å². The molecule has 15 heteroatoms. The highest BCUT2D eigenvalue weighted by molar-refractivity contribution is 5.70. The molecule has 0 radical (unpaired) electrons. The van der Waals surface area contributed by atoms with Crippen molar-refractivity contribution in [2.24, 2.45) is 10.8 Å². The van der Waals surface area contributed by atoms with Gasteiger partial charge in [0.15, 0.2) is 5.75 Å². The van der Waals surface area contributed by atoms with Gasteiger partial charge < -0.3 is 29.5 Å². The number of rotatable bonds is 5. The van der Waals surface area contributed by atoms with Crippen molar-refractivity contribution in [1.82, 2.24) is 20.2 Å². The summed E-state index contributed by atoms with van der Waals surface area (Å²) >= 11 is 0. The van der Waals surface area contributed by atoms with E-state index in [4.69, 9.17) is 19.3 Å². The van der Waals surface area contributed by atoms with Gasteiger partial charge >= 0.3 is 18.4 Å². The van der Waals surface area contributed by atoms with Gasteiger partial charge in [-0.15, -0.1) is 0 Å². The number of nitrogens with one attached hydrogen (secondary N) is 1. The van der Waals surface area contributed by atoms with E-state index in [1.807, 2.05) is 31.2 Å². The summed E-state index contributed by atoms with van der Waals surface area (Å²) in [6.45, 7) is 7.56. The van der Waals surface area contributed by atoms with Crippen LogP contribution in [0.3, 0.4) is 0 Å². The van der Waals surface area contributed by atoms with Crippen molar-refractivity contribution in [2.75, 3.05) is 26.2 Å². The van der Waals surface area contributed by atoms with Crippen LogP contribution < -0.4 is 19.5 Å². The van der Waals surface area contributed by atoms with E-state index in [1.54, 1.807) is 4.90 Å². The van der Waals surface area contributed by atoms with Crippen molar-refractivity contribution < 1.29 is 50.5 Å². The van der Waals surface area contributed by atoms with E-state index in [2.05, 4.69) is 46.5 Å². The molecule has 2 aliphatic carbocycles. The van der Waals surface area contributed by atoms with E-state index in [-0.39, 0.29) is 17.3 Å². The molecule has 0 bridgehead atoms. The second-order valence-corrected chi connectivity index (χ2v) is 15.9. The molecule has 2 N–H and O–H groups in total. The van der Waals surface area contributed by atoms with Crippen LogP contribution in [0.1, 0.15) is 73.6 Å². The molecule has 8 rings (SSSR count). The lowest BCUT2D eigenvalue weighted by Gasteiger charge is -2.51. The Morgan fingerprint density at radius 3 is 1.64 bits per heavy atom. The van der Waals surface area contributed by atoms with E-state index < -0.39 is 35.3 Å². The first-order chi connectivity index (χ1) is 27.5. The van der Waals surface area contributed by atoms with Gasteiger partial charge in [0.05, 0.1) is 35.7 Å². The quantitative estimate of drug-likeness (QED) is 0.192. The van der Waals surface area contributed by atoms with Gasteiger partial charge in [0.1, 0.15) is 17.2 Å². The van der Waals surface area contributed by atoms with E-state index in [1.165, 1.54) is 44.3 Å². The van der Waals surface area contributed by atoms with Gasteiger partial charge in [-0.2, -0.15) is 26.3 Å². The molecule has 2 saturated carbocycles. The van der Waals surface area contributed by atoms with Gasteiger partial charge in [-0.3, -0.25) is 9.97 Å². The normalized spacial score (nSPS) is 19.7. The third-order valence-electron chi connectivity index (χ3n) is 11.3. The van der Waals surface area contributed by atoms with Crippen LogP contribution in [0.4, 0.5) is 31.1 Å². The van der Waals surface area contributed by atoms with Crippen molar-refractivity contribution in [2.45, 2.75) is 89.8 Å². The van der Waals surface area contributed by atoms with Crippen LogP contribution in [0.2, 0.25) is 0 Å². The number of aryl methyl sites for hydroxylation is 2. The number of aromatic hydroxyl groups is 1. The number of carbonyl (C=O) groups is 1. The molecule has 9 nitrogen and oxygen atoms in total. The highest BCUT2D eigenvalue weighted by Gasteiger charge is 2.48. The van der Waals surface area contributed by atoms with Crippen LogP contribution in [-0.4, -0.2) is 64.5 Å². The molecule has 312 valence electrons. The molecule has 4 aromatic rings. The highest BCUT2D eigenvalue weighted by atomic mass is 19.4. The first kappa shape index (κ1) is 42.6. The molecular weight excluding hydrogens is 766 g/mol. The Morgan fingerprint density at radius 2 is 1.17 bits per heavy atom. The number of halogens is 6. The number of nitrogens with zero attached hydrogens (tertiary/aromatic N) is 3. The molecule has 0 atom stereocenters. The number of pyridine rings is 2. The number of piperidine rings is 2. The second-order valence-electron chi connectivity index (χ2n) is 15.9. The maximum absolute atomic E-state index is 12.8. The minimum atomic E-state index is -4.53. The Balaban J connectivity index is 0.000000169. The lowest BCUT2D eigenvalue weighted by atomic mass is 9.61. The summed E-state index contributed by atoms with van der Waals surface area (Å²) < 4.78 is 91.0. The third kappa shape index (κ3) is 11.5. The number of ether oxygens (including phenoxy) is 3. The minimum absolute atomic E-state index is 0.170. The summed E-state index contributed by atoms with van der Waals surface area (Å²) in [4.78, 5) is 20.6. The lowest BCUT2D eigenvalue weighted by Crippen LogP contribution is -2.52. The molecule has 2 saturated heterocycles. The zero-order valence-electron chi connectivity index (χ0n) is 32.4. The van der Waals surface area contributed by atoms with Gasteiger partial charge in [0, 0.05) is 25.5 Å². The molecule has 2 aromatic carbocycles. The fourth-order valence-corrected chi connectivity index (χ4v) is 8.06. The zero-order chi connectivity index (χ0) is 41.6. The molecular formula is C43H48F6N4O5. The van der Waals surface area contributed by atoms with Crippen LogP contribution in [0.5, 0.6) is 23.0 Å². The minimum Gasteiger partial charge on any atom is -0.506 e. The lowest BCUT2D eigenvalue weighted by molar-refractivity contribution is -0.138. The largest absolute Gasteiger partial charge is 0.506 e. The smallest absolute Gasteiger partial charge is 0.418 e. The number of amides is 1. The number of alkyl halides is 6. The SMILES string of the molecule is Cc1cccc(OC2CC3(CCN(C(=O)Oc4cncc(C(F)(F)F)c4)CC3)C2)c1.Cc1cccc(OC2CC3(CCNCC3)C2)c1.Oc1cncc(C(F)(F)F)c1. The third-order valence-corrected chi connectivity index (χ3v) is 11.3. The Hall–Kier alpha value is -5.05. The van der Waals surface area contributed by atoms with Crippen molar-refractivity contribution in [3.63, 3.8) is 0 Å². The van der Waals surface area contributed by atoms with Crippen LogP contribution in [0.25, 0.3) is 0 Å². The zero-order valence-corrected chi connectivity index (χ0v) is 32.4. The summed E-state index contributed by atoms with van der Waals surface area (Å²) in [5, 5.41) is 12.1. The molecule has 2 aromatic heterocycles. The van der Waals surface area contributed by atoms with Crippen molar-refractivity contribution in [1.29, 1.82) is 0 Å². The van der Waals surface area contributed by atoms with E-state index in [9.17, 15) is 31.1 Å². The molecule has 58 heavy (non-hydrogen) atoms. The van der Waals surface area contributed by atoms with Crippen LogP contribution >= 0.6 is 0 Å². The summed E-state index contributed by atoms with van der Waals surface area (Å²) in [6, 6.07) is 17.8. The number of carbonyl (C=O) groups excluding carboxylic acids is 1. The number of benzene rings is 2. The fraction of sp³-hybridized carbons (Fsp3) is 0.465. The number of likely N-dealkylation sites (tertiary alicyclic amines) is 1. The maximum Gasteiger partial charge on any atom is 0.418 e. The van der Waals surface area contributed by atoms with Crippen LogP contribution in [0, 0.1) is 24.7 Å². The number of hydrogen-bond acceptors (Lipinski definition) is 8. The Morgan fingerprint density at radius 1 is 0.690 bits per heavy atom. The predicted molar refractivity (Wildman–Crippen MR) is 204 cm³/mol. The average Bonchev–Trinajstić information content (AvgIpc) is 3.14. The fourth-order valence-electron chi connectivity index (χ4n) is 8.06. The highest BCUT2D eigenvalue weighted by Crippen LogP contribution is 2.51. The molecule has 2 aliphatic heterocycles. The number of hydrogen-bond donors (Lipinski definition) is 2. The average molecular weight is 815 g/mol. The van der Waals surface area contributed by atoms with E-state index >= 15 is 0 Å². The first-order valence-corrected chi connectivity index (χ1v) is 19.4. The molecule has 4 fully saturated rings. The molecule has 4 heterocycles. The Kier molecular flexibility index (Phi) is 13.1. The van der Waals surface area contributed by atoms with Gasteiger partial charge in [0.25, 0.3) is 0 Å². The molecule has 4 aliphatic rings.